The minimum absolute atomic E-state index is 0.132. The molecule has 168 valence electrons. The molecule has 1 nitrogen and oxygen atoms in total. The van der Waals surface area contributed by atoms with Crippen molar-refractivity contribution in [2.24, 2.45) is 5.92 Å². The molecule has 1 saturated carbocycles. The summed E-state index contributed by atoms with van der Waals surface area (Å²) < 4.78 is 6.76. The molecule has 1 aliphatic carbocycles. The molecule has 1 heteroatoms. The molecule has 1 unspecified atom stereocenters. The Morgan fingerprint density at radius 3 is 1.94 bits per heavy atom. The van der Waals surface area contributed by atoms with E-state index in [1.165, 1.54) is 65.5 Å². The average molecular weight is 427 g/mol. The van der Waals surface area contributed by atoms with Gasteiger partial charge in [-0.25, -0.2) is 0 Å². The van der Waals surface area contributed by atoms with Crippen LogP contribution in [0, 0.1) is 19.8 Å². The summed E-state index contributed by atoms with van der Waals surface area (Å²) in [5.41, 5.74) is 8.01. The van der Waals surface area contributed by atoms with E-state index >= 15 is 0 Å². The summed E-state index contributed by atoms with van der Waals surface area (Å²) in [4.78, 5) is 0. The van der Waals surface area contributed by atoms with Gasteiger partial charge in [0.2, 0.25) is 0 Å². The van der Waals surface area contributed by atoms with Crippen LogP contribution in [-0.2, 0) is 5.41 Å². The fourth-order valence-electron chi connectivity index (χ4n) is 5.25. The van der Waals surface area contributed by atoms with Crippen LogP contribution in [0.1, 0.15) is 81.2 Å². The topological polar surface area (TPSA) is 9.23 Å². The zero-order valence-corrected chi connectivity index (χ0v) is 20.4. The highest BCUT2D eigenvalue weighted by Crippen LogP contribution is 2.39. The highest BCUT2D eigenvalue weighted by Gasteiger charge is 2.27. The average Bonchev–Trinajstić information content (AvgIpc) is 2.78. The molecule has 0 saturated heterocycles. The highest BCUT2D eigenvalue weighted by atomic mass is 16.5. The van der Waals surface area contributed by atoms with E-state index in [1.807, 2.05) is 0 Å². The quantitative estimate of drug-likeness (QED) is 0.395. The first kappa shape index (κ1) is 22.6. The minimum atomic E-state index is 0.132. The molecule has 0 N–H and O–H groups in total. The first-order valence-electron chi connectivity index (χ1n) is 12.3. The first-order chi connectivity index (χ1) is 15.3. The lowest BCUT2D eigenvalue weighted by atomic mass is 9.82. The zero-order valence-electron chi connectivity index (χ0n) is 20.4. The molecule has 3 aromatic carbocycles. The molecule has 0 bridgehead atoms. The van der Waals surface area contributed by atoms with Gasteiger partial charge >= 0.3 is 0 Å². The molecule has 4 rings (SSSR count). The van der Waals surface area contributed by atoms with Gasteiger partial charge in [0.05, 0.1) is 0 Å². The van der Waals surface area contributed by atoms with Gasteiger partial charge in [-0.1, -0.05) is 94.6 Å². The van der Waals surface area contributed by atoms with Gasteiger partial charge in [0, 0.05) is 5.92 Å². The van der Waals surface area contributed by atoms with Crippen molar-refractivity contribution in [2.45, 2.75) is 78.2 Å². The van der Waals surface area contributed by atoms with Crippen LogP contribution >= 0.6 is 0 Å². The van der Waals surface area contributed by atoms with Gasteiger partial charge in [-0.15, -0.1) is 0 Å². The first-order valence-corrected chi connectivity index (χ1v) is 12.3. The van der Waals surface area contributed by atoms with Crippen molar-refractivity contribution in [3.63, 3.8) is 0 Å². The van der Waals surface area contributed by atoms with E-state index in [1.54, 1.807) is 0 Å². The maximum absolute atomic E-state index is 6.76. The Hall–Kier alpha value is -2.54. The van der Waals surface area contributed by atoms with Crippen molar-refractivity contribution < 1.29 is 4.74 Å². The van der Waals surface area contributed by atoms with Crippen molar-refractivity contribution in [2.75, 3.05) is 0 Å². The second-order valence-electron chi connectivity index (χ2n) is 10.6. The Kier molecular flexibility index (Phi) is 6.74. The molecule has 1 atom stereocenters. The molecule has 32 heavy (non-hydrogen) atoms. The summed E-state index contributed by atoms with van der Waals surface area (Å²) in [5, 5.41) is 0. The monoisotopic (exact) mass is 426 g/mol. The summed E-state index contributed by atoms with van der Waals surface area (Å²) in [6.07, 6.45) is 6.65. The maximum atomic E-state index is 6.76. The van der Waals surface area contributed by atoms with Crippen LogP contribution in [-0.4, -0.2) is 0 Å². The molecule has 0 heterocycles. The lowest BCUT2D eigenvalue weighted by molar-refractivity contribution is 0.108. The van der Waals surface area contributed by atoms with Gasteiger partial charge in [0.1, 0.15) is 11.9 Å². The third kappa shape index (κ3) is 5.09. The Balaban J connectivity index is 1.63. The van der Waals surface area contributed by atoms with Crippen molar-refractivity contribution in [1.29, 1.82) is 0 Å². The second kappa shape index (κ2) is 9.53. The van der Waals surface area contributed by atoms with Crippen LogP contribution in [0.5, 0.6) is 5.75 Å². The van der Waals surface area contributed by atoms with E-state index < -0.39 is 0 Å². The standard InChI is InChI=1S/C31H38O/c1-22-20-28(21-23(2)29(22)24-16-18-27(19-17-24)31(3,4)5)32-30(25-12-8-6-9-13-25)26-14-10-7-11-15-26/h6,8-9,12-13,16-21,26,30H,7,10-11,14-15H2,1-5H3. The Bertz CT molecular complexity index is 995. The van der Waals surface area contributed by atoms with Gasteiger partial charge in [-0.2, -0.15) is 0 Å². The predicted octanol–water partition coefficient (Wildman–Crippen LogP) is 8.97. The van der Waals surface area contributed by atoms with E-state index in [4.69, 9.17) is 4.74 Å². The SMILES string of the molecule is Cc1cc(OC(c2ccccc2)C2CCCCC2)cc(C)c1-c1ccc(C(C)(C)C)cc1. The lowest BCUT2D eigenvalue weighted by Crippen LogP contribution is -2.21. The molecule has 3 aromatic rings. The van der Waals surface area contributed by atoms with Crippen LogP contribution in [0.2, 0.25) is 0 Å². The minimum Gasteiger partial charge on any atom is -0.485 e. The molecular formula is C31H38O. The molecule has 1 aliphatic rings. The second-order valence-corrected chi connectivity index (χ2v) is 10.6. The Morgan fingerprint density at radius 2 is 1.38 bits per heavy atom. The summed E-state index contributed by atoms with van der Waals surface area (Å²) in [6, 6.07) is 24.4. The van der Waals surface area contributed by atoms with Crippen LogP contribution in [0.4, 0.5) is 0 Å². The smallest absolute Gasteiger partial charge is 0.127 e. The maximum Gasteiger partial charge on any atom is 0.127 e. The van der Waals surface area contributed by atoms with Gasteiger partial charge in [0.25, 0.3) is 0 Å². The highest BCUT2D eigenvalue weighted by molar-refractivity contribution is 5.72. The molecule has 1 fully saturated rings. The van der Waals surface area contributed by atoms with Crippen molar-refractivity contribution in [1.82, 2.24) is 0 Å². The molecule has 0 aliphatic heterocycles. The van der Waals surface area contributed by atoms with E-state index in [-0.39, 0.29) is 11.5 Å². The Morgan fingerprint density at radius 1 is 0.781 bits per heavy atom. The van der Waals surface area contributed by atoms with Gasteiger partial charge in [-0.3, -0.25) is 0 Å². The molecule has 0 amide bonds. The van der Waals surface area contributed by atoms with Crippen molar-refractivity contribution in [3.8, 4) is 16.9 Å². The number of rotatable bonds is 5. The fourth-order valence-corrected chi connectivity index (χ4v) is 5.25. The summed E-state index contributed by atoms with van der Waals surface area (Å²) in [7, 11) is 0. The third-order valence-electron chi connectivity index (χ3n) is 7.01. The normalized spacial score (nSPS) is 16.0. The summed E-state index contributed by atoms with van der Waals surface area (Å²) in [5.74, 6) is 1.59. The molecular weight excluding hydrogens is 388 g/mol. The third-order valence-corrected chi connectivity index (χ3v) is 7.01. The van der Waals surface area contributed by atoms with E-state index in [9.17, 15) is 0 Å². The molecule has 0 aromatic heterocycles. The largest absolute Gasteiger partial charge is 0.485 e. The number of hydrogen-bond donors (Lipinski definition) is 0. The van der Waals surface area contributed by atoms with Gasteiger partial charge < -0.3 is 4.74 Å². The predicted molar refractivity (Wildman–Crippen MR) is 136 cm³/mol. The summed E-state index contributed by atoms with van der Waals surface area (Å²) in [6.45, 7) is 11.2. The molecule has 0 spiro atoms. The number of aryl methyl sites for hydroxylation is 2. The van der Waals surface area contributed by atoms with E-state index in [0.717, 1.165) is 5.75 Å². The van der Waals surface area contributed by atoms with Gasteiger partial charge in [0.15, 0.2) is 0 Å². The van der Waals surface area contributed by atoms with Crippen molar-refractivity contribution in [3.05, 3.63) is 89.0 Å². The molecule has 0 radical (unpaired) electrons. The fraction of sp³-hybridized carbons (Fsp3) is 0.419. The van der Waals surface area contributed by atoms with Gasteiger partial charge in [-0.05, 0) is 77.6 Å². The number of ether oxygens (including phenoxy) is 1. The van der Waals surface area contributed by atoms with E-state index in [0.29, 0.717) is 5.92 Å². The van der Waals surface area contributed by atoms with E-state index in [2.05, 4.69) is 101 Å². The Labute approximate surface area is 194 Å². The van der Waals surface area contributed by atoms with Crippen LogP contribution in [0.3, 0.4) is 0 Å². The number of hydrogen-bond acceptors (Lipinski definition) is 1. The van der Waals surface area contributed by atoms with Crippen molar-refractivity contribution >= 4 is 0 Å². The van der Waals surface area contributed by atoms with Crippen LogP contribution in [0.25, 0.3) is 11.1 Å². The number of benzene rings is 3. The lowest BCUT2D eigenvalue weighted by Gasteiger charge is -2.31. The van der Waals surface area contributed by atoms with Crippen LogP contribution < -0.4 is 4.74 Å². The van der Waals surface area contributed by atoms with Crippen LogP contribution in [0.15, 0.2) is 66.7 Å². The summed E-state index contributed by atoms with van der Waals surface area (Å²) >= 11 is 0. The zero-order chi connectivity index (χ0) is 22.7.